The number of thiocarbonyl (C=S) groups is 1. The van der Waals surface area contributed by atoms with Gasteiger partial charge >= 0.3 is 0 Å². The fourth-order valence-corrected chi connectivity index (χ4v) is 2.90. The summed E-state index contributed by atoms with van der Waals surface area (Å²) in [6.45, 7) is 2.85. The van der Waals surface area contributed by atoms with E-state index in [1.165, 1.54) is 0 Å². The van der Waals surface area contributed by atoms with E-state index in [9.17, 15) is 0 Å². The maximum Gasteiger partial charge on any atom is 0.0759 e. The van der Waals surface area contributed by atoms with E-state index in [-0.39, 0.29) is 0 Å². The Labute approximate surface area is 123 Å². The Balaban J connectivity index is 1.96. The molecule has 5 heteroatoms. The molecule has 0 aliphatic carbocycles. The van der Waals surface area contributed by atoms with Crippen LogP contribution in [0.25, 0.3) is 0 Å². The first-order chi connectivity index (χ1) is 8.58. The van der Waals surface area contributed by atoms with Crippen LogP contribution >= 0.6 is 35.4 Å². The zero-order valence-electron chi connectivity index (χ0n) is 10.0. The van der Waals surface area contributed by atoms with Gasteiger partial charge in [0.05, 0.1) is 15.0 Å². The van der Waals surface area contributed by atoms with Crippen LogP contribution in [0.15, 0.2) is 18.2 Å². The molecule has 1 aliphatic heterocycles. The van der Waals surface area contributed by atoms with Crippen molar-refractivity contribution < 1.29 is 0 Å². The predicted molar refractivity (Wildman–Crippen MR) is 81.2 cm³/mol. The Bertz CT molecular complexity index is 443. The molecule has 2 rings (SSSR count). The summed E-state index contributed by atoms with van der Waals surface area (Å²) in [6, 6.07) is 5.77. The molecule has 0 unspecified atom stereocenters. The normalized spacial score (nSPS) is 17.9. The third-order valence-corrected chi connectivity index (χ3v) is 4.61. The van der Waals surface area contributed by atoms with Gasteiger partial charge < -0.3 is 5.73 Å². The van der Waals surface area contributed by atoms with Crippen molar-refractivity contribution in [3.63, 3.8) is 0 Å². The summed E-state index contributed by atoms with van der Waals surface area (Å²) in [5.41, 5.74) is 6.76. The average Bonchev–Trinajstić information content (AvgIpc) is 2.36. The van der Waals surface area contributed by atoms with Crippen LogP contribution in [0.3, 0.4) is 0 Å². The van der Waals surface area contributed by atoms with Crippen LogP contribution in [-0.4, -0.2) is 23.0 Å². The summed E-state index contributed by atoms with van der Waals surface area (Å²) in [5, 5.41) is 1.28. The molecule has 1 heterocycles. The van der Waals surface area contributed by atoms with Crippen LogP contribution in [0, 0.1) is 5.92 Å². The van der Waals surface area contributed by atoms with E-state index in [1.807, 2.05) is 18.2 Å². The van der Waals surface area contributed by atoms with Gasteiger partial charge in [0.1, 0.15) is 0 Å². The lowest BCUT2D eigenvalue weighted by atomic mass is 9.96. The Morgan fingerprint density at radius 3 is 2.61 bits per heavy atom. The van der Waals surface area contributed by atoms with Gasteiger partial charge in [-0.05, 0) is 37.6 Å². The standard InChI is InChI=1S/C13H16Cl2N2S/c14-11-3-1-2-10(12(11)15)8-17-6-4-9(5-7-17)13(16)18/h1-3,9H,4-8H2,(H2,16,18). The van der Waals surface area contributed by atoms with Crippen molar-refractivity contribution in [3.8, 4) is 0 Å². The molecule has 0 spiro atoms. The van der Waals surface area contributed by atoms with E-state index >= 15 is 0 Å². The smallest absolute Gasteiger partial charge is 0.0759 e. The SMILES string of the molecule is NC(=S)C1CCN(Cc2cccc(Cl)c2Cl)CC1. The number of halogens is 2. The lowest BCUT2D eigenvalue weighted by molar-refractivity contribution is 0.202. The summed E-state index contributed by atoms with van der Waals surface area (Å²) in [6.07, 6.45) is 2.07. The highest BCUT2D eigenvalue weighted by Gasteiger charge is 2.21. The molecule has 0 atom stereocenters. The third-order valence-electron chi connectivity index (χ3n) is 3.42. The Morgan fingerprint density at radius 2 is 2.00 bits per heavy atom. The number of benzene rings is 1. The Morgan fingerprint density at radius 1 is 1.33 bits per heavy atom. The molecule has 1 fully saturated rings. The van der Waals surface area contributed by atoms with Gasteiger partial charge in [0.2, 0.25) is 0 Å². The summed E-state index contributed by atoms with van der Waals surface area (Å²) in [7, 11) is 0. The summed E-state index contributed by atoms with van der Waals surface area (Å²) >= 11 is 17.2. The van der Waals surface area contributed by atoms with Gasteiger partial charge in [-0.25, -0.2) is 0 Å². The number of hydrogen-bond donors (Lipinski definition) is 1. The van der Waals surface area contributed by atoms with Gasteiger partial charge in [-0.2, -0.15) is 0 Å². The van der Waals surface area contributed by atoms with Gasteiger partial charge in [0, 0.05) is 12.5 Å². The zero-order chi connectivity index (χ0) is 13.1. The van der Waals surface area contributed by atoms with Crippen molar-refractivity contribution in [1.82, 2.24) is 4.90 Å². The van der Waals surface area contributed by atoms with Gasteiger partial charge in [0.25, 0.3) is 0 Å². The van der Waals surface area contributed by atoms with Gasteiger partial charge in [-0.3, -0.25) is 4.90 Å². The molecule has 0 saturated carbocycles. The number of piperidine rings is 1. The molecule has 1 aromatic carbocycles. The van der Waals surface area contributed by atoms with Crippen LogP contribution in [-0.2, 0) is 6.54 Å². The van der Waals surface area contributed by atoms with Crippen LogP contribution in [0.5, 0.6) is 0 Å². The summed E-state index contributed by atoms with van der Waals surface area (Å²) in [4.78, 5) is 3.02. The van der Waals surface area contributed by atoms with Crippen molar-refractivity contribution in [3.05, 3.63) is 33.8 Å². The summed E-state index contributed by atoms with van der Waals surface area (Å²) in [5.74, 6) is 0.395. The highest BCUT2D eigenvalue weighted by atomic mass is 35.5. The minimum atomic E-state index is 0.395. The number of likely N-dealkylation sites (tertiary alicyclic amines) is 1. The van der Waals surface area contributed by atoms with Crippen molar-refractivity contribution in [1.29, 1.82) is 0 Å². The maximum atomic E-state index is 6.19. The van der Waals surface area contributed by atoms with E-state index in [4.69, 9.17) is 41.2 Å². The van der Waals surface area contributed by atoms with E-state index in [0.29, 0.717) is 21.0 Å². The molecule has 98 valence electrons. The maximum absolute atomic E-state index is 6.19. The van der Waals surface area contributed by atoms with Crippen LogP contribution in [0.1, 0.15) is 18.4 Å². The monoisotopic (exact) mass is 302 g/mol. The highest BCUT2D eigenvalue weighted by molar-refractivity contribution is 7.80. The molecule has 2 N–H and O–H groups in total. The molecule has 1 aromatic rings. The highest BCUT2D eigenvalue weighted by Crippen LogP contribution is 2.27. The molecule has 0 aromatic heterocycles. The van der Waals surface area contributed by atoms with Crippen molar-refractivity contribution in [2.75, 3.05) is 13.1 Å². The van der Waals surface area contributed by atoms with E-state index in [2.05, 4.69) is 4.90 Å². The zero-order valence-corrected chi connectivity index (χ0v) is 12.4. The second-order valence-corrected chi connectivity index (χ2v) is 5.92. The minimum Gasteiger partial charge on any atom is -0.393 e. The predicted octanol–water partition coefficient (Wildman–Crippen LogP) is 3.49. The fourth-order valence-electron chi connectivity index (χ4n) is 2.29. The van der Waals surface area contributed by atoms with Crippen LogP contribution in [0.2, 0.25) is 10.0 Å². The lowest BCUT2D eigenvalue weighted by Crippen LogP contribution is -2.37. The lowest BCUT2D eigenvalue weighted by Gasteiger charge is -2.31. The van der Waals surface area contributed by atoms with Crippen LogP contribution < -0.4 is 5.73 Å². The topological polar surface area (TPSA) is 29.3 Å². The second kappa shape index (κ2) is 6.20. The second-order valence-electron chi connectivity index (χ2n) is 4.67. The van der Waals surface area contributed by atoms with Crippen molar-refractivity contribution in [2.45, 2.75) is 19.4 Å². The molecule has 0 amide bonds. The fraction of sp³-hybridized carbons (Fsp3) is 0.462. The first-order valence-corrected chi connectivity index (χ1v) is 7.19. The number of hydrogen-bond acceptors (Lipinski definition) is 2. The number of nitrogens with zero attached hydrogens (tertiary/aromatic N) is 1. The average molecular weight is 303 g/mol. The van der Waals surface area contributed by atoms with Crippen molar-refractivity contribution in [2.24, 2.45) is 11.7 Å². The van der Waals surface area contributed by atoms with Gasteiger partial charge in [-0.1, -0.05) is 47.6 Å². The molecule has 0 radical (unpaired) electrons. The summed E-state index contributed by atoms with van der Waals surface area (Å²) < 4.78 is 0. The Kier molecular flexibility index (Phi) is 4.84. The van der Waals surface area contributed by atoms with Crippen LogP contribution in [0.4, 0.5) is 0 Å². The molecule has 0 bridgehead atoms. The number of nitrogens with two attached hydrogens (primary N) is 1. The van der Waals surface area contributed by atoms with E-state index < -0.39 is 0 Å². The largest absolute Gasteiger partial charge is 0.393 e. The van der Waals surface area contributed by atoms with E-state index in [0.717, 1.165) is 38.0 Å². The minimum absolute atomic E-state index is 0.395. The molecule has 2 nitrogen and oxygen atoms in total. The first-order valence-electron chi connectivity index (χ1n) is 6.02. The van der Waals surface area contributed by atoms with E-state index in [1.54, 1.807) is 0 Å². The van der Waals surface area contributed by atoms with Crippen molar-refractivity contribution >= 4 is 40.4 Å². The molecular formula is C13H16Cl2N2S. The van der Waals surface area contributed by atoms with Gasteiger partial charge in [0.15, 0.2) is 0 Å². The first kappa shape index (κ1) is 14.1. The molecular weight excluding hydrogens is 287 g/mol. The van der Waals surface area contributed by atoms with Gasteiger partial charge in [-0.15, -0.1) is 0 Å². The molecule has 1 aliphatic rings. The number of rotatable bonds is 3. The quantitative estimate of drug-likeness (QED) is 0.867. The third kappa shape index (κ3) is 3.35. The molecule has 1 saturated heterocycles. The Hall–Kier alpha value is -0.350. The molecule has 18 heavy (non-hydrogen) atoms.